The van der Waals surface area contributed by atoms with E-state index in [0.29, 0.717) is 30.6 Å². The van der Waals surface area contributed by atoms with Crippen molar-refractivity contribution in [2.75, 3.05) is 13.7 Å². The molecule has 0 radical (unpaired) electrons. The van der Waals surface area contributed by atoms with Crippen molar-refractivity contribution < 1.29 is 14.1 Å². The second-order valence-corrected chi connectivity index (χ2v) is 6.38. The highest BCUT2D eigenvalue weighted by Gasteiger charge is 2.20. The lowest BCUT2D eigenvalue weighted by Crippen LogP contribution is -2.46. The van der Waals surface area contributed by atoms with E-state index in [2.05, 4.69) is 27.7 Å². The fourth-order valence-corrected chi connectivity index (χ4v) is 3.00. The summed E-state index contributed by atoms with van der Waals surface area (Å²) in [5.41, 5.74) is 0.851. The molecule has 8 heteroatoms. The average molecular weight is 381 g/mol. The fraction of sp³-hybridized carbons (Fsp3) is 0.500. The van der Waals surface area contributed by atoms with Crippen molar-refractivity contribution in [3.8, 4) is 17.1 Å². The molecular formula is C18H25ClN4O3. The number of amides is 1. The summed E-state index contributed by atoms with van der Waals surface area (Å²) in [6.07, 6.45) is 2.73. The molecule has 1 aliphatic rings. The van der Waals surface area contributed by atoms with E-state index in [1.54, 1.807) is 7.11 Å². The highest BCUT2D eigenvalue weighted by atomic mass is 35.5. The molecule has 2 atom stereocenters. The molecule has 1 saturated heterocycles. The molecule has 0 spiro atoms. The molecule has 7 nitrogen and oxygen atoms in total. The predicted octanol–water partition coefficient (Wildman–Crippen LogP) is 2.36. The van der Waals surface area contributed by atoms with Gasteiger partial charge in [0.2, 0.25) is 17.6 Å². The van der Waals surface area contributed by atoms with Gasteiger partial charge in [0.1, 0.15) is 5.75 Å². The Hall–Kier alpha value is -2.12. The molecular weight excluding hydrogens is 356 g/mol. The third-order valence-corrected chi connectivity index (χ3v) is 4.37. The van der Waals surface area contributed by atoms with Crippen LogP contribution in [0.25, 0.3) is 11.4 Å². The van der Waals surface area contributed by atoms with Crippen LogP contribution in [0.2, 0.25) is 0 Å². The smallest absolute Gasteiger partial charge is 0.227 e. The van der Waals surface area contributed by atoms with E-state index < -0.39 is 0 Å². The van der Waals surface area contributed by atoms with Gasteiger partial charge in [-0.3, -0.25) is 4.79 Å². The number of nitrogens with one attached hydrogen (secondary N) is 2. The number of hydrogen-bond acceptors (Lipinski definition) is 6. The van der Waals surface area contributed by atoms with Crippen LogP contribution in [0.1, 0.15) is 32.1 Å². The van der Waals surface area contributed by atoms with Crippen molar-refractivity contribution >= 4 is 18.3 Å². The Morgan fingerprint density at radius 3 is 2.85 bits per heavy atom. The van der Waals surface area contributed by atoms with E-state index in [4.69, 9.17) is 9.26 Å². The number of aromatic nitrogens is 2. The van der Waals surface area contributed by atoms with Gasteiger partial charge in [0.25, 0.3) is 0 Å². The lowest BCUT2D eigenvalue weighted by atomic mass is 10.0. The normalized spacial score (nSPS) is 19.5. The van der Waals surface area contributed by atoms with E-state index in [-0.39, 0.29) is 24.4 Å². The third-order valence-electron chi connectivity index (χ3n) is 4.37. The van der Waals surface area contributed by atoms with Crippen LogP contribution >= 0.6 is 12.4 Å². The minimum Gasteiger partial charge on any atom is -0.497 e. The highest BCUT2D eigenvalue weighted by Crippen LogP contribution is 2.20. The zero-order valence-electron chi connectivity index (χ0n) is 15.0. The molecule has 142 valence electrons. The number of piperidine rings is 1. The second kappa shape index (κ2) is 9.54. The van der Waals surface area contributed by atoms with Crippen LogP contribution in [0.5, 0.6) is 5.75 Å². The minimum absolute atomic E-state index is 0. The zero-order valence-corrected chi connectivity index (χ0v) is 15.8. The number of carbonyl (C=O) groups is 1. The maximum atomic E-state index is 12.1. The van der Waals surface area contributed by atoms with Gasteiger partial charge < -0.3 is 19.9 Å². The Morgan fingerprint density at radius 1 is 1.38 bits per heavy atom. The minimum atomic E-state index is 0. The van der Waals surface area contributed by atoms with Gasteiger partial charge in [0, 0.05) is 30.5 Å². The van der Waals surface area contributed by atoms with Gasteiger partial charge in [-0.05, 0) is 50.6 Å². The van der Waals surface area contributed by atoms with Crippen LogP contribution in [-0.4, -0.2) is 41.8 Å². The molecule has 2 aromatic rings. The number of hydrogen-bond donors (Lipinski definition) is 2. The van der Waals surface area contributed by atoms with Crippen molar-refractivity contribution in [3.05, 3.63) is 30.2 Å². The number of aryl methyl sites for hydroxylation is 1. The van der Waals surface area contributed by atoms with E-state index in [1.165, 1.54) is 0 Å². The van der Waals surface area contributed by atoms with Gasteiger partial charge in [-0.25, -0.2) is 0 Å². The number of ether oxygens (including phenoxy) is 1. The quantitative estimate of drug-likeness (QED) is 0.799. The Morgan fingerprint density at radius 2 is 2.15 bits per heavy atom. The summed E-state index contributed by atoms with van der Waals surface area (Å²) < 4.78 is 10.4. The maximum Gasteiger partial charge on any atom is 0.227 e. The molecule has 0 saturated carbocycles. The van der Waals surface area contributed by atoms with Gasteiger partial charge in [-0.2, -0.15) is 4.98 Å². The number of benzene rings is 1. The Labute approximate surface area is 159 Å². The van der Waals surface area contributed by atoms with Crippen LogP contribution in [0, 0.1) is 0 Å². The van der Waals surface area contributed by atoms with Crippen molar-refractivity contribution in [2.24, 2.45) is 0 Å². The standard InChI is InChI=1S/C18H24N4O3.ClH/c1-12-11-14(9-10-19-12)20-16(23)7-8-17-21-18(22-25-17)13-3-5-15(24-2)6-4-13;/h3-6,12,14,19H,7-11H2,1-2H3,(H,20,23);1H. The summed E-state index contributed by atoms with van der Waals surface area (Å²) in [4.78, 5) is 16.5. The number of halogens is 1. The average Bonchev–Trinajstić information content (AvgIpc) is 3.09. The van der Waals surface area contributed by atoms with Crippen molar-refractivity contribution in [2.45, 2.75) is 44.7 Å². The summed E-state index contributed by atoms with van der Waals surface area (Å²) in [7, 11) is 1.62. The summed E-state index contributed by atoms with van der Waals surface area (Å²) in [6.45, 7) is 3.08. The van der Waals surface area contributed by atoms with Crippen LogP contribution in [0.3, 0.4) is 0 Å². The zero-order chi connectivity index (χ0) is 17.6. The van der Waals surface area contributed by atoms with Crippen molar-refractivity contribution in [1.29, 1.82) is 0 Å². The SMILES string of the molecule is COc1ccc(-c2noc(CCC(=O)NC3CCNC(C)C3)n2)cc1.Cl. The highest BCUT2D eigenvalue weighted by molar-refractivity contribution is 5.85. The van der Waals surface area contributed by atoms with Crippen LogP contribution in [0.15, 0.2) is 28.8 Å². The number of carbonyl (C=O) groups excluding carboxylic acids is 1. The molecule has 3 rings (SSSR count). The summed E-state index contributed by atoms with van der Waals surface area (Å²) in [5.74, 6) is 1.80. The van der Waals surface area contributed by atoms with Gasteiger partial charge in [0.15, 0.2) is 0 Å². The molecule has 0 aliphatic carbocycles. The molecule has 1 aliphatic heterocycles. The predicted molar refractivity (Wildman–Crippen MR) is 100 cm³/mol. The molecule has 1 aromatic heterocycles. The van der Waals surface area contributed by atoms with Gasteiger partial charge in [-0.15, -0.1) is 12.4 Å². The number of methoxy groups -OCH3 is 1. The van der Waals surface area contributed by atoms with Crippen LogP contribution in [-0.2, 0) is 11.2 Å². The summed E-state index contributed by atoms with van der Waals surface area (Å²) in [6, 6.07) is 8.14. The van der Waals surface area contributed by atoms with Crippen LogP contribution in [0.4, 0.5) is 0 Å². The molecule has 0 bridgehead atoms. The lowest BCUT2D eigenvalue weighted by Gasteiger charge is -2.28. The Balaban J connectivity index is 0.00000243. The van der Waals surface area contributed by atoms with E-state index >= 15 is 0 Å². The lowest BCUT2D eigenvalue weighted by molar-refractivity contribution is -0.122. The topological polar surface area (TPSA) is 89.3 Å². The Kier molecular flexibility index (Phi) is 7.41. The molecule has 1 fully saturated rings. The maximum absolute atomic E-state index is 12.1. The fourth-order valence-electron chi connectivity index (χ4n) is 3.00. The van der Waals surface area contributed by atoms with Crippen molar-refractivity contribution in [1.82, 2.24) is 20.8 Å². The number of nitrogens with zero attached hydrogens (tertiary/aromatic N) is 2. The van der Waals surface area contributed by atoms with Gasteiger partial charge in [0.05, 0.1) is 7.11 Å². The largest absolute Gasteiger partial charge is 0.497 e. The van der Waals surface area contributed by atoms with Gasteiger partial charge >= 0.3 is 0 Å². The Bertz CT molecular complexity index is 705. The van der Waals surface area contributed by atoms with Gasteiger partial charge in [-0.1, -0.05) is 5.16 Å². The monoisotopic (exact) mass is 380 g/mol. The molecule has 2 unspecified atom stereocenters. The molecule has 2 N–H and O–H groups in total. The third kappa shape index (κ3) is 5.44. The van der Waals surface area contributed by atoms with Crippen LogP contribution < -0.4 is 15.4 Å². The van der Waals surface area contributed by atoms with E-state index in [0.717, 1.165) is 30.7 Å². The molecule has 1 aromatic carbocycles. The van der Waals surface area contributed by atoms with Crippen molar-refractivity contribution in [3.63, 3.8) is 0 Å². The van der Waals surface area contributed by atoms with E-state index in [1.807, 2.05) is 24.3 Å². The molecule has 2 heterocycles. The first-order valence-electron chi connectivity index (χ1n) is 8.64. The molecule has 1 amide bonds. The second-order valence-electron chi connectivity index (χ2n) is 6.38. The number of rotatable bonds is 6. The summed E-state index contributed by atoms with van der Waals surface area (Å²) in [5, 5.41) is 10.4. The first kappa shape index (κ1) is 20.2. The first-order valence-corrected chi connectivity index (χ1v) is 8.64. The summed E-state index contributed by atoms with van der Waals surface area (Å²) >= 11 is 0. The molecule has 26 heavy (non-hydrogen) atoms. The van der Waals surface area contributed by atoms with E-state index in [9.17, 15) is 4.79 Å². The first-order chi connectivity index (χ1) is 12.1.